The van der Waals surface area contributed by atoms with Crippen molar-refractivity contribution in [2.45, 2.75) is 6.92 Å². The molecule has 10 heavy (non-hydrogen) atoms. The quantitative estimate of drug-likeness (QED) is 0.536. The van der Waals surface area contributed by atoms with Gasteiger partial charge in [0, 0.05) is 0 Å². The van der Waals surface area contributed by atoms with Crippen LogP contribution in [0.4, 0.5) is 0 Å². The molecule has 0 unspecified atom stereocenters. The van der Waals surface area contributed by atoms with Gasteiger partial charge in [0.15, 0.2) is 0 Å². The van der Waals surface area contributed by atoms with E-state index in [2.05, 4.69) is 6.92 Å². The molecule has 1 rings (SSSR count). The molecule has 0 bridgehead atoms. The maximum absolute atomic E-state index is 5.02. The molecule has 0 saturated carbocycles. The minimum absolute atomic E-state index is 0.893. The molecule has 0 spiro atoms. The Morgan fingerprint density at radius 1 is 1.40 bits per heavy atom. The highest BCUT2D eigenvalue weighted by Gasteiger charge is 1.85. The molecule has 0 amide bonds. The molecule has 0 aliphatic carbocycles. The molecular formula is C9H11O-. The number of methoxy groups -OCH3 is 1. The fourth-order valence-corrected chi connectivity index (χ4v) is 0.795. The Labute approximate surface area is 61.6 Å². The molecule has 0 atom stereocenters. The minimum Gasteiger partial charge on any atom is -0.499 e. The van der Waals surface area contributed by atoms with Crippen molar-refractivity contribution in [1.82, 2.24) is 0 Å². The van der Waals surface area contributed by atoms with Gasteiger partial charge in [-0.2, -0.15) is 18.6 Å². The smallest absolute Gasteiger partial charge is 0.0946 e. The fourth-order valence-electron chi connectivity index (χ4n) is 0.795. The summed E-state index contributed by atoms with van der Waals surface area (Å²) in [5.41, 5.74) is 2.22. The maximum Gasteiger partial charge on any atom is 0.0946 e. The van der Waals surface area contributed by atoms with E-state index < -0.39 is 0 Å². The number of benzene rings is 1. The van der Waals surface area contributed by atoms with E-state index in [0.29, 0.717) is 0 Å². The Balaban J connectivity index is 3.04. The van der Waals surface area contributed by atoms with Crippen LogP contribution in [0.5, 0.6) is 5.75 Å². The van der Waals surface area contributed by atoms with E-state index in [1.165, 1.54) is 5.56 Å². The third-order valence-corrected chi connectivity index (χ3v) is 1.55. The van der Waals surface area contributed by atoms with Crippen LogP contribution in [0.15, 0.2) is 18.2 Å². The number of ether oxygens (including phenoxy) is 1. The van der Waals surface area contributed by atoms with Crippen molar-refractivity contribution in [3.8, 4) is 5.75 Å². The molecule has 1 aromatic rings. The first-order valence-corrected chi connectivity index (χ1v) is 3.20. The zero-order valence-corrected chi connectivity index (χ0v) is 6.35. The number of rotatable bonds is 1. The Bertz CT molecular complexity index is 228. The van der Waals surface area contributed by atoms with E-state index in [1.807, 2.05) is 25.1 Å². The van der Waals surface area contributed by atoms with Crippen LogP contribution in [0.25, 0.3) is 0 Å². The van der Waals surface area contributed by atoms with Gasteiger partial charge >= 0.3 is 0 Å². The standard InChI is InChI=1S/C9H11O/c1-7-4-5-9(10-3)6-8(7)2/h4-6H,1H2,2-3H3/q-1. The second-order valence-electron chi connectivity index (χ2n) is 2.29. The van der Waals surface area contributed by atoms with E-state index in [0.717, 1.165) is 11.3 Å². The molecule has 0 aliphatic rings. The van der Waals surface area contributed by atoms with E-state index in [9.17, 15) is 0 Å². The van der Waals surface area contributed by atoms with Gasteiger partial charge in [-0.25, -0.2) is 0 Å². The largest absolute Gasteiger partial charge is 0.499 e. The Hall–Kier alpha value is -1.11. The summed E-state index contributed by atoms with van der Waals surface area (Å²) in [6, 6.07) is 5.84. The molecule has 54 valence electrons. The lowest BCUT2D eigenvalue weighted by Gasteiger charge is -2.09. The van der Waals surface area contributed by atoms with Crippen molar-refractivity contribution in [1.29, 1.82) is 0 Å². The van der Waals surface area contributed by atoms with Crippen molar-refractivity contribution in [3.05, 3.63) is 36.2 Å². The topological polar surface area (TPSA) is 9.23 Å². The van der Waals surface area contributed by atoms with Crippen LogP contribution >= 0.6 is 0 Å². The van der Waals surface area contributed by atoms with Crippen molar-refractivity contribution in [3.63, 3.8) is 0 Å². The highest BCUT2D eigenvalue weighted by atomic mass is 16.5. The van der Waals surface area contributed by atoms with Gasteiger partial charge in [0.25, 0.3) is 0 Å². The molecule has 0 radical (unpaired) electrons. The van der Waals surface area contributed by atoms with Gasteiger partial charge in [0.05, 0.1) is 12.9 Å². The molecule has 0 saturated heterocycles. The summed E-state index contributed by atoms with van der Waals surface area (Å²) in [5, 5.41) is 0. The van der Waals surface area contributed by atoms with Crippen LogP contribution in [-0.2, 0) is 0 Å². The summed E-state index contributed by atoms with van der Waals surface area (Å²) >= 11 is 0. The molecule has 0 aliphatic heterocycles. The Morgan fingerprint density at radius 2 is 2.10 bits per heavy atom. The zero-order chi connectivity index (χ0) is 7.56. The van der Waals surface area contributed by atoms with E-state index in [-0.39, 0.29) is 0 Å². The first kappa shape index (κ1) is 7.00. The molecule has 0 fully saturated rings. The monoisotopic (exact) mass is 135 g/mol. The number of hydrogen-bond acceptors (Lipinski definition) is 1. The van der Waals surface area contributed by atoms with Gasteiger partial charge in [-0.3, -0.25) is 0 Å². The van der Waals surface area contributed by atoms with Crippen LogP contribution in [0, 0.1) is 13.8 Å². The predicted octanol–water partition coefficient (Wildman–Crippen LogP) is 2.19. The van der Waals surface area contributed by atoms with Gasteiger partial charge in [0.1, 0.15) is 0 Å². The molecule has 1 aromatic carbocycles. The third-order valence-electron chi connectivity index (χ3n) is 1.55. The van der Waals surface area contributed by atoms with Crippen molar-refractivity contribution >= 4 is 0 Å². The molecule has 0 heterocycles. The highest BCUT2D eigenvalue weighted by Crippen LogP contribution is 2.15. The molecular weight excluding hydrogens is 124 g/mol. The average Bonchev–Trinajstić information content (AvgIpc) is 1.95. The number of hydrogen-bond donors (Lipinski definition) is 0. The summed E-state index contributed by atoms with van der Waals surface area (Å²) < 4.78 is 5.02. The second kappa shape index (κ2) is 2.65. The summed E-state index contributed by atoms with van der Waals surface area (Å²) in [4.78, 5) is 0. The molecule has 1 heteroatoms. The van der Waals surface area contributed by atoms with Crippen LogP contribution in [0.1, 0.15) is 11.1 Å². The summed E-state index contributed by atoms with van der Waals surface area (Å²) in [6.45, 7) is 5.86. The third kappa shape index (κ3) is 1.24. The van der Waals surface area contributed by atoms with E-state index in [1.54, 1.807) is 7.11 Å². The van der Waals surface area contributed by atoms with E-state index >= 15 is 0 Å². The van der Waals surface area contributed by atoms with Crippen LogP contribution in [-0.4, -0.2) is 7.11 Å². The second-order valence-corrected chi connectivity index (χ2v) is 2.29. The number of aryl methyl sites for hydroxylation is 1. The van der Waals surface area contributed by atoms with Crippen LogP contribution in [0.3, 0.4) is 0 Å². The molecule has 0 aromatic heterocycles. The summed E-state index contributed by atoms with van der Waals surface area (Å²) in [7, 11) is 1.66. The molecule has 1 nitrogen and oxygen atoms in total. The van der Waals surface area contributed by atoms with Crippen molar-refractivity contribution < 1.29 is 4.74 Å². The summed E-state index contributed by atoms with van der Waals surface area (Å²) in [5.74, 6) is 0.893. The minimum atomic E-state index is 0.893. The zero-order valence-electron chi connectivity index (χ0n) is 6.35. The Kier molecular flexibility index (Phi) is 1.86. The predicted molar refractivity (Wildman–Crippen MR) is 42.2 cm³/mol. The molecule has 0 N–H and O–H groups in total. The first-order chi connectivity index (χ1) is 4.74. The van der Waals surface area contributed by atoms with Gasteiger partial charge in [0.2, 0.25) is 0 Å². The first-order valence-electron chi connectivity index (χ1n) is 3.20. The summed E-state index contributed by atoms with van der Waals surface area (Å²) in [6.07, 6.45) is 0. The van der Waals surface area contributed by atoms with Crippen molar-refractivity contribution in [2.75, 3.05) is 7.11 Å². The van der Waals surface area contributed by atoms with Gasteiger partial charge in [-0.1, -0.05) is 19.1 Å². The SMILES string of the molecule is [CH2-]c1ccc(OC)cc1C. The van der Waals surface area contributed by atoms with Gasteiger partial charge < -0.3 is 4.74 Å². The lowest BCUT2D eigenvalue weighted by molar-refractivity contribution is 0.414. The Morgan fingerprint density at radius 3 is 2.60 bits per heavy atom. The van der Waals surface area contributed by atoms with E-state index in [4.69, 9.17) is 4.74 Å². The van der Waals surface area contributed by atoms with Crippen LogP contribution < -0.4 is 4.74 Å². The van der Waals surface area contributed by atoms with Crippen molar-refractivity contribution in [2.24, 2.45) is 0 Å². The van der Waals surface area contributed by atoms with Gasteiger partial charge in [-0.05, 0) is 0 Å². The van der Waals surface area contributed by atoms with Gasteiger partial charge in [-0.15, -0.1) is 5.56 Å². The maximum atomic E-state index is 5.02. The normalized spacial score (nSPS) is 9.40. The highest BCUT2D eigenvalue weighted by molar-refractivity contribution is 5.35. The lowest BCUT2D eigenvalue weighted by atomic mass is 10.1. The van der Waals surface area contributed by atoms with Crippen LogP contribution in [0.2, 0.25) is 0 Å². The lowest BCUT2D eigenvalue weighted by Crippen LogP contribution is -1.85. The fraction of sp³-hybridized carbons (Fsp3) is 0.222. The average molecular weight is 135 g/mol.